The van der Waals surface area contributed by atoms with E-state index in [4.69, 9.17) is 9.47 Å². The molecule has 0 saturated carbocycles. The molecule has 0 spiro atoms. The average molecular weight is 459 g/mol. The number of carbonyl (C=O) groups excluding carboxylic acids is 2. The molecule has 0 radical (unpaired) electrons. The van der Waals surface area contributed by atoms with Crippen LogP contribution in [0.15, 0.2) is 72.8 Å². The first-order valence-electron chi connectivity index (χ1n) is 12.1. The summed E-state index contributed by atoms with van der Waals surface area (Å²) < 4.78 is 10.9. The lowest BCUT2D eigenvalue weighted by atomic mass is 9.98. The van der Waals surface area contributed by atoms with Gasteiger partial charge in [0.2, 0.25) is 0 Å². The van der Waals surface area contributed by atoms with Crippen molar-refractivity contribution in [3.63, 3.8) is 0 Å². The Morgan fingerprint density at radius 2 is 1.50 bits per heavy atom. The zero-order valence-electron chi connectivity index (χ0n) is 20.2. The molecular formula is C30H34O4. The van der Waals surface area contributed by atoms with E-state index in [2.05, 4.69) is 6.92 Å². The van der Waals surface area contributed by atoms with Crippen LogP contribution in [0.2, 0.25) is 0 Å². The lowest BCUT2D eigenvalue weighted by molar-refractivity contribution is 0.0600. The molecule has 178 valence electrons. The van der Waals surface area contributed by atoms with E-state index in [1.54, 1.807) is 12.1 Å². The molecule has 0 aliphatic heterocycles. The molecule has 0 N–H and O–H groups in total. The third kappa shape index (κ3) is 7.58. The fourth-order valence-corrected chi connectivity index (χ4v) is 3.91. The van der Waals surface area contributed by atoms with Gasteiger partial charge in [-0.25, -0.2) is 4.79 Å². The van der Waals surface area contributed by atoms with Crippen molar-refractivity contribution in [1.82, 2.24) is 0 Å². The second kappa shape index (κ2) is 13.3. The summed E-state index contributed by atoms with van der Waals surface area (Å²) in [4.78, 5) is 24.3. The first-order valence-corrected chi connectivity index (χ1v) is 12.1. The minimum atomic E-state index is -0.327. The smallest absolute Gasteiger partial charge is 0.337 e. The zero-order valence-corrected chi connectivity index (χ0v) is 20.2. The minimum Gasteiger partial charge on any atom is -0.489 e. The monoisotopic (exact) mass is 458 g/mol. The number of carbonyl (C=O) groups is 2. The van der Waals surface area contributed by atoms with E-state index in [1.807, 2.05) is 60.7 Å². The number of aryl methyl sites for hydroxylation is 2. The maximum absolute atomic E-state index is 12.7. The van der Waals surface area contributed by atoms with Crippen molar-refractivity contribution in [3.8, 4) is 5.75 Å². The first-order chi connectivity index (χ1) is 16.6. The van der Waals surface area contributed by atoms with Crippen LogP contribution in [0.3, 0.4) is 0 Å². The van der Waals surface area contributed by atoms with E-state index in [0.717, 1.165) is 66.5 Å². The number of rotatable bonds is 13. The van der Waals surface area contributed by atoms with E-state index in [1.165, 1.54) is 7.11 Å². The van der Waals surface area contributed by atoms with Crippen molar-refractivity contribution in [3.05, 3.63) is 101 Å². The van der Waals surface area contributed by atoms with Crippen LogP contribution in [-0.2, 0) is 24.2 Å². The molecule has 3 rings (SSSR count). The van der Waals surface area contributed by atoms with Gasteiger partial charge in [-0.15, -0.1) is 0 Å². The second-order valence-electron chi connectivity index (χ2n) is 8.52. The largest absolute Gasteiger partial charge is 0.489 e. The summed E-state index contributed by atoms with van der Waals surface area (Å²) in [6.07, 6.45) is 6.28. The highest BCUT2D eigenvalue weighted by atomic mass is 16.5. The lowest BCUT2D eigenvalue weighted by Gasteiger charge is -2.14. The maximum atomic E-state index is 12.7. The molecule has 0 fully saturated rings. The number of hydrogen-bond acceptors (Lipinski definition) is 4. The number of Topliss-reactive ketones (excluding diaryl/α,β-unsaturated/α-hetero) is 1. The standard InChI is InChI=1S/C30H34O4/c1-3-4-6-14-28(31)26-19-20-29(34-22-24-10-7-5-8-11-24)27(21-26)13-9-12-23-15-17-25(18-16-23)30(32)33-2/h5,7-8,10-11,15-21H,3-4,6,9,12-14,22H2,1-2H3. The van der Waals surface area contributed by atoms with Crippen LogP contribution in [0.1, 0.15) is 76.4 Å². The van der Waals surface area contributed by atoms with Crippen LogP contribution in [0.25, 0.3) is 0 Å². The minimum absolute atomic E-state index is 0.197. The molecule has 34 heavy (non-hydrogen) atoms. The number of ether oxygens (including phenoxy) is 2. The van der Waals surface area contributed by atoms with Crippen LogP contribution < -0.4 is 4.74 Å². The predicted octanol–water partition coefficient (Wildman–Crippen LogP) is 6.99. The summed E-state index contributed by atoms with van der Waals surface area (Å²) in [6, 6.07) is 23.5. The summed E-state index contributed by atoms with van der Waals surface area (Å²) in [7, 11) is 1.39. The topological polar surface area (TPSA) is 52.6 Å². The predicted molar refractivity (Wildman–Crippen MR) is 135 cm³/mol. The Hall–Kier alpha value is -3.40. The Labute approximate surface area is 202 Å². The Bertz CT molecular complexity index is 1050. The van der Waals surface area contributed by atoms with Gasteiger partial charge in [-0.1, -0.05) is 62.2 Å². The molecule has 4 heteroatoms. The summed E-state index contributed by atoms with van der Waals surface area (Å²) >= 11 is 0. The quantitative estimate of drug-likeness (QED) is 0.157. The van der Waals surface area contributed by atoms with E-state index in [-0.39, 0.29) is 11.8 Å². The number of benzene rings is 3. The second-order valence-corrected chi connectivity index (χ2v) is 8.52. The Kier molecular flexibility index (Phi) is 9.90. The van der Waals surface area contributed by atoms with Crippen LogP contribution in [0, 0.1) is 0 Å². The summed E-state index contributed by atoms with van der Waals surface area (Å²) in [6.45, 7) is 2.64. The van der Waals surface area contributed by atoms with Crippen LogP contribution in [-0.4, -0.2) is 18.9 Å². The van der Waals surface area contributed by atoms with Crippen molar-refractivity contribution in [2.24, 2.45) is 0 Å². The number of esters is 1. The van der Waals surface area contributed by atoms with Gasteiger partial charge in [0.25, 0.3) is 0 Å². The molecule has 4 nitrogen and oxygen atoms in total. The highest BCUT2D eigenvalue weighted by Crippen LogP contribution is 2.25. The van der Waals surface area contributed by atoms with Crippen LogP contribution in [0.5, 0.6) is 5.75 Å². The molecule has 0 aromatic heterocycles. The Morgan fingerprint density at radius 3 is 2.21 bits per heavy atom. The molecule has 0 atom stereocenters. The van der Waals surface area contributed by atoms with Crippen molar-refractivity contribution in [1.29, 1.82) is 0 Å². The highest BCUT2D eigenvalue weighted by Gasteiger charge is 2.12. The third-order valence-corrected chi connectivity index (χ3v) is 5.91. The van der Waals surface area contributed by atoms with Crippen molar-refractivity contribution < 1.29 is 19.1 Å². The first kappa shape index (κ1) is 25.2. The highest BCUT2D eigenvalue weighted by molar-refractivity contribution is 5.96. The summed E-state index contributed by atoms with van der Waals surface area (Å²) in [5.74, 6) is 0.699. The van der Waals surface area contributed by atoms with Gasteiger partial charge in [0.05, 0.1) is 12.7 Å². The van der Waals surface area contributed by atoms with E-state index < -0.39 is 0 Å². The molecule has 0 aliphatic rings. The SMILES string of the molecule is CCCCCC(=O)c1ccc(OCc2ccccc2)c(CCCc2ccc(C(=O)OC)cc2)c1. The molecule has 0 aliphatic carbocycles. The van der Waals surface area contributed by atoms with Gasteiger partial charge in [-0.3, -0.25) is 4.79 Å². The number of methoxy groups -OCH3 is 1. The summed E-state index contributed by atoms with van der Waals surface area (Å²) in [5.41, 5.74) is 4.64. The molecule has 3 aromatic rings. The Morgan fingerprint density at radius 1 is 0.765 bits per heavy atom. The van der Waals surface area contributed by atoms with Gasteiger partial charge in [-0.05, 0) is 72.7 Å². The van der Waals surface area contributed by atoms with Crippen LogP contribution >= 0.6 is 0 Å². The van der Waals surface area contributed by atoms with E-state index in [9.17, 15) is 9.59 Å². The number of ketones is 1. The molecular weight excluding hydrogens is 424 g/mol. The molecule has 0 bridgehead atoms. The Balaban J connectivity index is 1.68. The number of hydrogen-bond donors (Lipinski definition) is 0. The third-order valence-electron chi connectivity index (χ3n) is 5.91. The number of unbranched alkanes of at least 4 members (excludes halogenated alkanes) is 2. The fraction of sp³-hybridized carbons (Fsp3) is 0.333. The normalized spacial score (nSPS) is 10.6. The molecule has 0 amide bonds. The van der Waals surface area contributed by atoms with Gasteiger partial charge in [-0.2, -0.15) is 0 Å². The molecule has 0 saturated heterocycles. The molecule has 0 heterocycles. The fourth-order valence-electron chi connectivity index (χ4n) is 3.91. The van der Waals surface area contributed by atoms with Gasteiger partial charge in [0.1, 0.15) is 12.4 Å². The van der Waals surface area contributed by atoms with Gasteiger partial charge >= 0.3 is 5.97 Å². The molecule has 0 unspecified atom stereocenters. The van der Waals surface area contributed by atoms with E-state index in [0.29, 0.717) is 18.6 Å². The van der Waals surface area contributed by atoms with Crippen molar-refractivity contribution >= 4 is 11.8 Å². The van der Waals surface area contributed by atoms with E-state index >= 15 is 0 Å². The summed E-state index contributed by atoms with van der Waals surface area (Å²) in [5, 5.41) is 0. The average Bonchev–Trinajstić information content (AvgIpc) is 2.88. The van der Waals surface area contributed by atoms with Gasteiger partial charge < -0.3 is 9.47 Å². The van der Waals surface area contributed by atoms with Gasteiger partial charge in [0, 0.05) is 12.0 Å². The van der Waals surface area contributed by atoms with Crippen molar-refractivity contribution in [2.75, 3.05) is 7.11 Å². The maximum Gasteiger partial charge on any atom is 0.337 e. The lowest BCUT2D eigenvalue weighted by Crippen LogP contribution is -2.04. The van der Waals surface area contributed by atoms with Crippen molar-refractivity contribution in [2.45, 2.75) is 58.5 Å². The zero-order chi connectivity index (χ0) is 24.2. The van der Waals surface area contributed by atoms with Crippen LogP contribution in [0.4, 0.5) is 0 Å². The molecule has 3 aromatic carbocycles. The van der Waals surface area contributed by atoms with Gasteiger partial charge in [0.15, 0.2) is 5.78 Å².